The zero-order valence-electron chi connectivity index (χ0n) is 18.2. The predicted octanol–water partition coefficient (Wildman–Crippen LogP) is 4.46. The lowest BCUT2D eigenvalue weighted by atomic mass is 9.94. The first-order valence-corrected chi connectivity index (χ1v) is 11.3. The minimum atomic E-state index is -1.02. The molecule has 2 aromatic rings. The highest BCUT2D eigenvalue weighted by atomic mass is 32.1. The van der Waals surface area contributed by atoms with Gasteiger partial charge in [-0.2, -0.15) is 0 Å². The molecule has 1 aliphatic heterocycles. The van der Waals surface area contributed by atoms with E-state index >= 15 is 0 Å². The molecule has 30 heavy (non-hydrogen) atoms. The number of para-hydroxylation sites is 1. The summed E-state index contributed by atoms with van der Waals surface area (Å²) < 4.78 is 19.3. The number of hydrogen-bond acceptors (Lipinski definition) is 5. The Hall–Kier alpha value is -1.99. The van der Waals surface area contributed by atoms with Crippen molar-refractivity contribution in [3.63, 3.8) is 0 Å². The number of aromatic nitrogens is 1. The Morgan fingerprint density at radius 1 is 1.30 bits per heavy atom. The van der Waals surface area contributed by atoms with Crippen molar-refractivity contribution in [3.8, 4) is 5.75 Å². The van der Waals surface area contributed by atoms with Crippen molar-refractivity contribution in [1.29, 1.82) is 0 Å². The molecule has 0 bridgehead atoms. The van der Waals surface area contributed by atoms with Crippen LogP contribution in [-0.4, -0.2) is 40.6 Å². The first kappa shape index (κ1) is 22.7. The molecule has 3 rings (SSSR count). The van der Waals surface area contributed by atoms with Gasteiger partial charge >= 0.3 is 0 Å². The van der Waals surface area contributed by atoms with Crippen LogP contribution in [0.4, 0.5) is 4.39 Å². The highest BCUT2D eigenvalue weighted by Gasteiger charge is 2.38. The number of carbonyl (C=O) groups excluding carboxylic acids is 1. The van der Waals surface area contributed by atoms with Gasteiger partial charge in [-0.15, -0.1) is 11.3 Å². The van der Waals surface area contributed by atoms with E-state index in [1.165, 1.54) is 17.4 Å². The average molecular weight is 435 g/mol. The molecule has 1 aliphatic rings. The Morgan fingerprint density at radius 2 is 2.03 bits per heavy atom. The van der Waals surface area contributed by atoms with Crippen molar-refractivity contribution in [1.82, 2.24) is 9.88 Å². The molecule has 1 amide bonds. The Labute approximate surface area is 181 Å². The molecule has 1 aromatic heterocycles. The lowest BCUT2D eigenvalue weighted by Crippen LogP contribution is -2.40. The van der Waals surface area contributed by atoms with Gasteiger partial charge in [-0.1, -0.05) is 32.9 Å². The third kappa shape index (κ3) is 5.19. The van der Waals surface area contributed by atoms with Crippen LogP contribution in [0.2, 0.25) is 0 Å². The van der Waals surface area contributed by atoms with E-state index in [2.05, 4.69) is 4.98 Å². The van der Waals surface area contributed by atoms with Gasteiger partial charge in [0.15, 0.2) is 11.6 Å². The van der Waals surface area contributed by atoms with Gasteiger partial charge in [0.1, 0.15) is 10.6 Å². The fraction of sp³-hybridized carbons (Fsp3) is 0.565. The van der Waals surface area contributed by atoms with E-state index in [0.29, 0.717) is 44.0 Å². The van der Waals surface area contributed by atoms with E-state index in [1.807, 2.05) is 32.6 Å². The summed E-state index contributed by atoms with van der Waals surface area (Å²) >= 11 is 1.49. The summed E-state index contributed by atoms with van der Waals surface area (Å²) in [7, 11) is 0. The number of hydrogen-bond donors (Lipinski definition) is 1. The summed E-state index contributed by atoms with van der Waals surface area (Å²) in [6.45, 7) is 9.22. The van der Waals surface area contributed by atoms with Gasteiger partial charge in [-0.05, 0) is 31.9 Å². The lowest BCUT2D eigenvalue weighted by molar-refractivity contribution is -0.139. The smallest absolute Gasteiger partial charge is 0.227 e. The molecular formula is C23H31FN2O3S. The van der Waals surface area contributed by atoms with Crippen molar-refractivity contribution < 1.29 is 19.0 Å². The molecule has 0 aliphatic carbocycles. The molecule has 1 unspecified atom stereocenters. The van der Waals surface area contributed by atoms with Crippen molar-refractivity contribution in [2.45, 2.75) is 59.0 Å². The second-order valence-electron chi connectivity index (χ2n) is 8.98. The van der Waals surface area contributed by atoms with Crippen molar-refractivity contribution in [2.75, 3.05) is 19.7 Å². The molecule has 1 aromatic carbocycles. The quantitative estimate of drug-likeness (QED) is 0.755. The van der Waals surface area contributed by atoms with Crippen LogP contribution < -0.4 is 4.74 Å². The zero-order chi connectivity index (χ0) is 21.9. The van der Waals surface area contributed by atoms with Gasteiger partial charge in [0, 0.05) is 36.2 Å². The molecule has 0 radical (unpaired) electrons. The van der Waals surface area contributed by atoms with Crippen molar-refractivity contribution in [2.24, 2.45) is 5.41 Å². The first-order valence-electron chi connectivity index (χ1n) is 10.5. The Morgan fingerprint density at radius 3 is 2.73 bits per heavy atom. The van der Waals surface area contributed by atoms with Gasteiger partial charge < -0.3 is 14.7 Å². The minimum Gasteiger partial charge on any atom is -0.490 e. The molecule has 7 heteroatoms. The normalized spacial score (nSPS) is 20.1. The maximum absolute atomic E-state index is 13.7. The van der Waals surface area contributed by atoms with Crippen LogP contribution in [0.5, 0.6) is 5.75 Å². The first-order chi connectivity index (χ1) is 14.1. The number of aliphatic hydroxyl groups is 1. The largest absolute Gasteiger partial charge is 0.490 e. The van der Waals surface area contributed by atoms with E-state index in [4.69, 9.17) is 4.74 Å². The van der Waals surface area contributed by atoms with Crippen LogP contribution in [0.1, 0.15) is 55.6 Å². The molecule has 1 atom stereocenters. The lowest BCUT2D eigenvalue weighted by Gasteiger charge is -2.29. The third-order valence-electron chi connectivity index (χ3n) is 5.46. The molecule has 0 saturated carbocycles. The van der Waals surface area contributed by atoms with Crippen LogP contribution >= 0.6 is 11.3 Å². The summed E-state index contributed by atoms with van der Waals surface area (Å²) in [5.74, 6) is -0.0136. The molecule has 5 nitrogen and oxygen atoms in total. The molecule has 1 N–H and O–H groups in total. The number of aryl methyl sites for hydroxylation is 1. The van der Waals surface area contributed by atoms with Crippen LogP contribution in [0.3, 0.4) is 0 Å². The van der Waals surface area contributed by atoms with Crippen LogP contribution in [-0.2, 0) is 16.8 Å². The number of benzene rings is 1. The van der Waals surface area contributed by atoms with Gasteiger partial charge in [-0.3, -0.25) is 4.79 Å². The number of nitrogens with zero attached hydrogens (tertiary/aromatic N) is 2. The van der Waals surface area contributed by atoms with E-state index in [-0.39, 0.29) is 17.5 Å². The second-order valence-corrected chi connectivity index (χ2v) is 10.1. The molecular weight excluding hydrogens is 403 g/mol. The van der Waals surface area contributed by atoms with E-state index < -0.39 is 11.0 Å². The molecule has 164 valence electrons. The van der Waals surface area contributed by atoms with Gasteiger partial charge in [0.05, 0.1) is 12.3 Å². The average Bonchev–Trinajstić information content (AvgIpc) is 2.94. The van der Waals surface area contributed by atoms with Crippen LogP contribution in [0.15, 0.2) is 24.3 Å². The number of thiazole rings is 1. The summed E-state index contributed by atoms with van der Waals surface area (Å²) in [6.07, 6.45) is 2.40. The maximum Gasteiger partial charge on any atom is 0.227 e. The SMILES string of the molecule is Cc1nc(C2(O)CCCN(C(=O)C(C)(C)C)CC2)sc1CCOc1ccccc1F. The van der Waals surface area contributed by atoms with Crippen LogP contribution in [0, 0.1) is 18.2 Å². The number of ether oxygens (including phenoxy) is 1. The summed E-state index contributed by atoms with van der Waals surface area (Å²) in [5, 5.41) is 12.0. The fourth-order valence-corrected chi connectivity index (χ4v) is 4.87. The third-order valence-corrected chi connectivity index (χ3v) is 6.87. The predicted molar refractivity (Wildman–Crippen MR) is 116 cm³/mol. The number of carbonyl (C=O) groups is 1. The number of halogens is 1. The maximum atomic E-state index is 13.7. The zero-order valence-corrected chi connectivity index (χ0v) is 19.0. The van der Waals surface area contributed by atoms with Crippen LogP contribution in [0.25, 0.3) is 0 Å². The number of rotatable bonds is 5. The van der Waals surface area contributed by atoms with Crippen molar-refractivity contribution in [3.05, 3.63) is 45.7 Å². The van der Waals surface area contributed by atoms with Gasteiger partial charge in [0.25, 0.3) is 0 Å². The summed E-state index contributed by atoms with van der Waals surface area (Å²) in [4.78, 5) is 20.2. The topological polar surface area (TPSA) is 62.7 Å². The molecule has 1 fully saturated rings. The van der Waals surface area contributed by atoms with Gasteiger partial charge in [-0.25, -0.2) is 9.37 Å². The standard InChI is InChI=1S/C23H31FN2O3S/c1-16-19(10-15-29-18-9-6-5-8-17(18)24)30-20(25-16)23(28)11-7-13-26(14-12-23)21(27)22(2,3)4/h5-6,8-9,28H,7,10-15H2,1-4H3. The van der Waals surface area contributed by atoms with E-state index in [0.717, 1.165) is 17.0 Å². The highest BCUT2D eigenvalue weighted by molar-refractivity contribution is 7.11. The minimum absolute atomic E-state index is 0.119. The second kappa shape index (κ2) is 9.02. The Bertz CT molecular complexity index is 893. The van der Waals surface area contributed by atoms with Gasteiger partial charge in [0.2, 0.25) is 5.91 Å². The molecule has 2 heterocycles. The Kier molecular flexibility index (Phi) is 6.82. The van der Waals surface area contributed by atoms with E-state index in [1.54, 1.807) is 18.2 Å². The summed E-state index contributed by atoms with van der Waals surface area (Å²) in [5.41, 5.74) is -0.578. The monoisotopic (exact) mass is 434 g/mol. The number of likely N-dealkylation sites (tertiary alicyclic amines) is 1. The highest BCUT2D eigenvalue weighted by Crippen LogP contribution is 2.37. The molecule has 1 saturated heterocycles. The number of amides is 1. The van der Waals surface area contributed by atoms with E-state index in [9.17, 15) is 14.3 Å². The Balaban J connectivity index is 1.65. The summed E-state index contributed by atoms with van der Waals surface area (Å²) in [6, 6.07) is 6.36. The fourth-order valence-electron chi connectivity index (χ4n) is 3.68. The van der Waals surface area contributed by atoms with Crippen molar-refractivity contribution >= 4 is 17.2 Å². The molecule has 0 spiro atoms.